The standard InChI is InChI=1S/C15H21N3O4.HI/c1-11-9-18(5-7-19-11)15(16)17-4-6-20-12-2-3-13-14(8-12)22-10-21-13;/h2-3,8,11H,4-7,9-10H2,1H3,(H2,16,17);1H. The van der Waals surface area contributed by atoms with Gasteiger partial charge in [0, 0.05) is 19.2 Å². The molecule has 0 radical (unpaired) electrons. The first-order valence-electron chi connectivity index (χ1n) is 7.41. The molecule has 2 aliphatic rings. The Morgan fingerprint density at radius 2 is 2.22 bits per heavy atom. The molecule has 7 nitrogen and oxygen atoms in total. The Morgan fingerprint density at radius 1 is 1.39 bits per heavy atom. The number of morpholine rings is 1. The van der Waals surface area contributed by atoms with E-state index in [9.17, 15) is 0 Å². The highest BCUT2D eigenvalue weighted by molar-refractivity contribution is 14.0. The van der Waals surface area contributed by atoms with Gasteiger partial charge in [0.05, 0.1) is 19.3 Å². The Morgan fingerprint density at radius 3 is 3.04 bits per heavy atom. The van der Waals surface area contributed by atoms with Crippen LogP contribution in [0.1, 0.15) is 6.92 Å². The quantitative estimate of drug-likeness (QED) is 0.334. The van der Waals surface area contributed by atoms with E-state index < -0.39 is 0 Å². The third-order valence-corrected chi connectivity index (χ3v) is 3.54. The summed E-state index contributed by atoms with van der Waals surface area (Å²) < 4.78 is 21.7. The molecular weight excluding hydrogens is 413 g/mol. The van der Waals surface area contributed by atoms with Crippen LogP contribution in [0, 0.1) is 0 Å². The molecule has 0 spiro atoms. The fraction of sp³-hybridized carbons (Fsp3) is 0.533. The molecule has 2 aliphatic heterocycles. The van der Waals surface area contributed by atoms with E-state index in [0.29, 0.717) is 31.5 Å². The van der Waals surface area contributed by atoms with Gasteiger partial charge >= 0.3 is 0 Å². The van der Waals surface area contributed by atoms with Crippen molar-refractivity contribution in [1.82, 2.24) is 4.90 Å². The average molecular weight is 435 g/mol. The number of hydrogen-bond acceptors (Lipinski definition) is 5. The number of fused-ring (bicyclic) bond motifs is 1. The second-order valence-electron chi connectivity index (χ2n) is 5.23. The molecule has 0 bridgehead atoms. The molecule has 3 rings (SSSR count). The minimum Gasteiger partial charge on any atom is -0.492 e. The number of guanidine groups is 1. The highest BCUT2D eigenvalue weighted by atomic mass is 127. The third-order valence-electron chi connectivity index (χ3n) is 3.54. The highest BCUT2D eigenvalue weighted by Crippen LogP contribution is 2.34. The molecule has 1 unspecified atom stereocenters. The summed E-state index contributed by atoms with van der Waals surface area (Å²) >= 11 is 0. The van der Waals surface area contributed by atoms with Crippen molar-refractivity contribution in [2.45, 2.75) is 13.0 Å². The fourth-order valence-corrected chi connectivity index (χ4v) is 2.42. The van der Waals surface area contributed by atoms with Crippen molar-refractivity contribution >= 4 is 29.9 Å². The maximum atomic E-state index is 5.99. The van der Waals surface area contributed by atoms with E-state index in [1.165, 1.54) is 0 Å². The van der Waals surface area contributed by atoms with E-state index in [4.69, 9.17) is 24.7 Å². The fourth-order valence-electron chi connectivity index (χ4n) is 2.42. The highest BCUT2D eigenvalue weighted by Gasteiger charge is 2.18. The second kappa shape index (κ2) is 8.44. The van der Waals surface area contributed by atoms with E-state index in [2.05, 4.69) is 4.99 Å². The lowest BCUT2D eigenvalue weighted by molar-refractivity contribution is 0.00528. The Hall–Kier alpha value is -1.42. The van der Waals surface area contributed by atoms with Crippen molar-refractivity contribution in [3.63, 3.8) is 0 Å². The zero-order valence-electron chi connectivity index (χ0n) is 13.1. The van der Waals surface area contributed by atoms with Crippen LogP contribution in [0.4, 0.5) is 0 Å². The first-order chi connectivity index (χ1) is 10.7. The van der Waals surface area contributed by atoms with E-state index >= 15 is 0 Å². The zero-order valence-corrected chi connectivity index (χ0v) is 15.4. The van der Waals surface area contributed by atoms with Gasteiger partial charge in [0.15, 0.2) is 17.5 Å². The number of benzene rings is 1. The third kappa shape index (κ3) is 4.77. The van der Waals surface area contributed by atoms with Gasteiger partial charge in [0.1, 0.15) is 12.4 Å². The maximum absolute atomic E-state index is 5.99. The normalized spacial score (nSPS) is 20.1. The molecule has 23 heavy (non-hydrogen) atoms. The summed E-state index contributed by atoms with van der Waals surface area (Å²) in [7, 11) is 0. The number of rotatable bonds is 4. The maximum Gasteiger partial charge on any atom is 0.231 e. The van der Waals surface area contributed by atoms with Gasteiger partial charge in [0.2, 0.25) is 6.79 Å². The summed E-state index contributed by atoms with van der Waals surface area (Å²) in [6.07, 6.45) is 0.187. The van der Waals surface area contributed by atoms with E-state index in [1.807, 2.05) is 30.0 Å². The van der Waals surface area contributed by atoms with Crippen LogP contribution in [0.15, 0.2) is 23.2 Å². The number of nitrogens with two attached hydrogens (primary N) is 1. The molecule has 0 saturated carbocycles. The number of halogens is 1. The van der Waals surface area contributed by atoms with Crippen LogP contribution in [-0.2, 0) is 4.74 Å². The molecule has 2 N–H and O–H groups in total. The van der Waals surface area contributed by atoms with Gasteiger partial charge < -0.3 is 29.6 Å². The minimum atomic E-state index is 0. The topological polar surface area (TPSA) is 78.5 Å². The first kappa shape index (κ1) is 17.9. The van der Waals surface area contributed by atoms with Crippen molar-refractivity contribution < 1.29 is 18.9 Å². The molecule has 0 aliphatic carbocycles. The Balaban J connectivity index is 0.00000192. The Bertz CT molecular complexity index is 556. The molecule has 2 heterocycles. The van der Waals surface area contributed by atoms with Crippen LogP contribution < -0.4 is 19.9 Å². The molecule has 0 amide bonds. The SMILES string of the molecule is CC1CN(C(N)=NCCOc2ccc3c(c2)OCO3)CCO1.I. The predicted molar refractivity (Wildman–Crippen MR) is 97.0 cm³/mol. The molecule has 1 atom stereocenters. The van der Waals surface area contributed by atoms with Crippen LogP contribution in [0.3, 0.4) is 0 Å². The summed E-state index contributed by atoms with van der Waals surface area (Å²) in [5, 5.41) is 0. The van der Waals surface area contributed by atoms with Crippen LogP contribution in [0.25, 0.3) is 0 Å². The van der Waals surface area contributed by atoms with E-state index in [1.54, 1.807) is 0 Å². The molecule has 1 aromatic rings. The van der Waals surface area contributed by atoms with Crippen LogP contribution in [0.2, 0.25) is 0 Å². The number of ether oxygens (including phenoxy) is 4. The van der Waals surface area contributed by atoms with Gasteiger partial charge in [-0.05, 0) is 19.1 Å². The van der Waals surface area contributed by atoms with Crippen molar-refractivity contribution in [1.29, 1.82) is 0 Å². The van der Waals surface area contributed by atoms with E-state index in [0.717, 1.165) is 24.6 Å². The monoisotopic (exact) mass is 435 g/mol. The van der Waals surface area contributed by atoms with Crippen molar-refractivity contribution in [2.24, 2.45) is 10.7 Å². The zero-order chi connectivity index (χ0) is 15.4. The molecule has 1 aromatic carbocycles. The molecule has 0 aromatic heterocycles. The summed E-state index contributed by atoms with van der Waals surface area (Å²) in [5.41, 5.74) is 5.99. The molecule has 1 saturated heterocycles. The van der Waals surface area contributed by atoms with Gasteiger partial charge in [-0.15, -0.1) is 24.0 Å². The minimum absolute atomic E-state index is 0. The largest absolute Gasteiger partial charge is 0.492 e. The van der Waals surface area contributed by atoms with Crippen molar-refractivity contribution in [3.05, 3.63) is 18.2 Å². The Labute approximate surface area is 152 Å². The lowest BCUT2D eigenvalue weighted by Gasteiger charge is -2.31. The number of nitrogens with zero attached hydrogens (tertiary/aromatic N) is 2. The summed E-state index contributed by atoms with van der Waals surface area (Å²) in [5.74, 6) is 2.74. The van der Waals surface area contributed by atoms with Gasteiger partial charge in [-0.2, -0.15) is 0 Å². The average Bonchev–Trinajstić information content (AvgIpc) is 2.99. The summed E-state index contributed by atoms with van der Waals surface area (Å²) in [6.45, 7) is 5.50. The van der Waals surface area contributed by atoms with Gasteiger partial charge in [-0.1, -0.05) is 0 Å². The van der Waals surface area contributed by atoms with Gasteiger partial charge in [-0.25, -0.2) is 4.99 Å². The van der Waals surface area contributed by atoms with Crippen molar-refractivity contribution in [2.75, 3.05) is 39.6 Å². The Kier molecular flexibility index (Phi) is 6.58. The number of hydrogen-bond donors (Lipinski definition) is 1. The lowest BCUT2D eigenvalue weighted by Crippen LogP contribution is -2.48. The second-order valence-corrected chi connectivity index (χ2v) is 5.23. The molecule has 1 fully saturated rings. The van der Waals surface area contributed by atoms with Gasteiger partial charge in [0.25, 0.3) is 0 Å². The summed E-state index contributed by atoms with van der Waals surface area (Å²) in [4.78, 5) is 6.39. The molecule has 8 heteroatoms. The first-order valence-corrected chi connectivity index (χ1v) is 7.41. The van der Waals surface area contributed by atoms with E-state index in [-0.39, 0.29) is 36.9 Å². The molecule has 128 valence electrons. The number of aliphatic imine (C=N–C) groups is 1. The smallest absolute Gasteiger partial charge is 0.231 e. The van der Waals surface area contributed by atoms with Crippen LogP contribution >= 0.6 is 24.0 Å². The molecular formula is C15H22IN3O4. The van der Waals surface area contributed by atoms with Gasteiger partial charge in [-0.3, -0.25) is 0 Å². The lowest BCUT2D eigenvalue weighted by atomic mass is 10.3. The van der Waals surface area contributed by atoms with Crippen molar-refractivity contribution in [3.8, 4) is 17.2 Å². The summed E-state index contributed by atoms with van der Waals surface area (Å²) in [6, 6.07) is 5.51. The predicted octanol–water partition coefficient (Wildman–Crippen LogP) is 1.45. The van der Waals surface area contributed by atoms with Crippen LogP contribution in [0.5, 0.6) is 17.2 Å². The van der Waals surface area contributed by atoms with Crippen LogP contribution in [-0.4, -0.2) is 56.6 Å².